The summed E-state index contributed by atoms with van der Waals surface area (Å²) < 4.78 is 68.7. The van der Waals surface area contributed by atoms with Gasteiger partial charge in [0.05, 0.1) is 5.69 Å². The Hall–Kier alpha value is -2.36. The molecule has 1 aromatic heterocycles. The van der Waals surface area contributed by atoms with Gasteiger partial charge in [-0.15, -0.1) is 11.8 Å². The van der Waals surface area contributed by atoms with Crippen LogP contribution >= 0.6 is 11.8 Å². The number of hydrogen-bond acceptors (Lipinski definition) is 3. The van der Waals surface area contributed by atoms with Crippen molar-refractivity contribution >= 4 is 29.5 Å². The van der Waals surface area contributed by atoms with Crippen LogP contribution in [0.5, 0.6) is 0 Å². The lowest BCUT2D eigenvalue weighted by atomic mass is 10.2. The van der Waals surface area contributed by atoms with Gasteiger partial charge in [0.1, 0.15) is 22.3 Å². The molecule has 1 heterocycles. The molecule has 2 aromatic rings. The van der Waals surface area contributed by atoms with E-state index in [2.05, 4.69) is 5.10 Å². The van der Waals surface area contributed by atoms with Crippen LogP contribution in [0.3, 0.4) is 0 Å². The third-order valence-electron chi connectivity index (χ3n) is 3.47. The highest BCUT2D eigenvalue weighted by atomic mass is 32.2. The van der Waals surface area contributed by atoms with Crippen molar-refractivity contribution in [2.24, 2.45) is 7.05 Å². The number of anilines is 2. The fourth-order valence-electron chi connectivity index (χ4n) is 2.26. The predicted molar refractivity (Wildman–Crippen MR) is 92.9 cm³/mol. The molecule has 0 bridgehead atoms. The fraction of sp³-hybridized carbons (Fsp3) is 0.294. The molecule has 0 aliphatic carbocycles. The monoisotopic (exact) mass is 405 g/mol. The van der Waals surface area contributed by atoms with Crippen LogP contribution in [-0.2, 0) is 18.0 Å². The first-order valence-corrected chi connectivity index (χ1v) is 8.64. The maximum Gasteiger partial charge on any atom is 0.437 e. The first-order chi connectivity index (χ1) is 12.6. The number of halogens is 5. The highest BCUT2D eigenvalue weighted by Crippen LogP contribution is 2.44. The van der Waals surface area contributed by atoms with Gasteiger partial charge in [0.2, 0.25) is 6.41 Å². The summed E-state index contributed by atoms with van der Waals surface area (Å²) in [4.78, 5) is 12.1. The molecule has 0 radical (unpaired) electrons. The Balaban J connectivity index is 2.65. The topological polar surface area (TPSA) is 38.1 Å². The Labute approximate surface area is 156 Å². The highest BCUT2D eigenvalue weighted by Gasteiger charge is 2.41. The number of allylic oxidation sites excluding steroid dienone is 1. The second kappa shape index (κ2) is 8.12. The maximum absolute atomic E-state index is 14.1. The highest BCUT2D eigenvalue weighted by molar-refractivity contribution is 7.99. The van der Waals surface area contributed by atoms with Crippen LogP contribution in [0.15, 0.2) is 34.9 Å². The van der Waals surface area contributed by atoms with Gasteiger partial charge < -0.3 is 0 Å². The molecule has 1 amide bonds. The molecular formula is C17H16F5N3OS. The summed E-state index contributed by atoms with van der Waals surface area (Å²) in [6.07, 6.45) is -3.04. The number of carbonyl (C=O) groups excluding carboxylic acids is 1. The number of thioether (sulfide) groups is 1. The average molecular weight is 405 g/mol. The molecule has 0 unspecified atom stereocenters. The molecule has 1 aromatic carbocycles. The summed E-state index contributed by atoms with van der Waals surface area (Å²) in [7, 11) is 1.30. The third kappa shape index (κ3) is 4.68. The first-order valence-electron chi connectivity index (χ1n) is 7.66. The van der Waals surface area contributed by atoms with E-state index in [1.54, 1.807) is 6.08 Å². The van der Waals surface area contributed by atoms with E-state index < -0.39 is 34.9 Å². The molecule has 0 aliphatic heterocycles. The molecule has 0 spiro atoms. The number of rotatable bonds is 6. The molecule has 0 N–H and O–H groups in total. The number of hydrogen-bond donors (Lipinski definition) is 0. The zero-order valence-electron chi connectivity index (χ0n) is 14.6. The van der Waals surface area contributed by atoms with Crippen LogP contribution in [-0.4, -0.2) is 21.9 Å². The lowest BCUT2D eigenvalue weighted by Crippen LogP contribution is -2.20. The minimum absolute atomic E-state index is 0.0238. The van der Waals surface area contributed by atoms with E-state index in [0.717, 1.165) is 34.1 Å². The van der Waals surface area contributed by atoms with Crippen LogP contribution in [0.25, 0.3) is 0 Å². The molecule has 2 rings (SSSR count). The summed E-state index contributed by atoms with van der Waals surface area (Å²) in [5.74, 6) is -1.76. The Morgan fingerprint density at radius 3 is 2.48 bits per heavy atom. The van der Waals surface area contributed by atoms with Gasteiger partial charge in [-0.05, 0) is 26.0 Å². The Morgan fingerprint density at radius 2 is 1.96 bits per heavy atom. The van der Waals surface area contributed by atoms with E-state index in [-0.39, 0.29) is 11.4 Å². The SMILES string of the molecule is CC(C)=CCSc1c(N(C=O)c2ccc(F)cc2F)c(C(F)(F)F)nn1C. The molecule has 0 aliphatic rings. The number of amides is 1. The quantitative estimate of drug-likeness (QED) is 0.292. The van der Waals surface area contributed by atoms with Crippen molar-refractivity contribution in [3.05, 3.63) is 47.2 Å². The van der Waals surface area contributed by atoms with E-state index in [0.29, 0.717) is 16.7 Å². The van der Waals surface area contributed by atoms with E-state index in [1.807, 2.05) is 13.8 Å². The number of nitrogens with zero attached hydrogens (tertiary/aromatic N) is 3. The third-order valence-corrected chi connectivity index (χ3v) is 4.53. The van der Waals surface area contributed by atoms with Crippen molar-refractivity contribution in [2.75, 3.05) is 10.7 Å². The van der Waals surface area contributed by atoms with Gasteiger partial charge in [0.15, 0.2) is 5.69 Å². The second-order valence-corrected chi connectivity index (χ2v) is 6.80. The van der Waals surface area contributed by atoms with Crippen LogP contribution in [0.1, 0.15) is 19.5 Å². The number of benzene rings is 1. The molecule has 0 saturated carbocycles. The van der Waals surface area contributed by atoms with Crippen molar-refractivity contribution < 1.29 is 26.7 Å². The minimum atomic E-state index is -4.87. The van der Waals surface area contributed by atoms with E-state index in [1.165, 1.54) is 7.05 Å². The summed E-state index contributed by atoms with van der Waals surface area (Å²) in [6, 6.07) is 2.25. The molecule has 0 atom stereocenters. The smallest absolute Gasteiger partial charge is 0.278 e. The predicted octanol–water partition coefficient (Wildman–Crippen LogP) is 5.07. The number of aryl methyl sites for hydroxylation is 1. The summed E-state index contributed by atoms with van der Waals surface area (Å²) >= 11 is 1.01. The summed E-state index contributed by atoms with van der Waals surface area (Å²) in [5, 5.41) is 3.50. The van der Waals surface area contributed by atoms with E-state index >= 15 is 0 Å². The van der Waals surface area contributed by atoms with Gasteiger partial charge in [-0.1, -0.05) is 11.6 Å². The molecule has 10 heteroatoms. The fourth-order valence-corrected chi connectivity index (χ4v) is 3.39. The molecule has 27 heavy (non-hydrogen) atoms. The molecule has 146 valence electrons. The van der Waals surface area contributed by atoms with Gasteiger partial charge >= 0.3 is 6.18 Å². The standard InChI is InChI=1S/C17H16F5N3OS/c1-10(2)6-7-27-16-14(15(17(20,21)22)23-24(16)3)25(9-26)13-5-4-11(18)8-12(13)19/h4-6,8-9H,7H2,1-3H3. The number of aromatic nitrogens is 2. The zero-order chi connectivity index (χ0) is 20.4. The summed E-state index contributed by atoms with van der Waals surface area (Å²) in [5.41, 5.74) is -1.48. The molecular weight excluding hydrogens is 389 g/mol. The van der Waals surface area contributed by atoms with Crippen molar-refractivity contribution in [1.29, 1.82) is 0 Å². The van der Waals surface area contributed by atoms with Gasteiger partial charge in [-0.3, -0.25) is 14.4 Å². The van der Waals surface area contributed by atoms with Gasteiger partial charge in [0, 0.05) is 18.9 Å². The van der Waals surface area contributed by atoms with Crippen molar-refractivity contribution in [1.82, 2.24) is 9.78 Å². The zero-order valence-corrected chi connectivity index (χ0v) is 15.5. The van der Waals surface area contributed by atoms with Crippen LogP contribution in [0.4, 0.5) is 33.3 Å². The van der Waals surface area contributed by atoms with E-state index in [4.69, 9.17) is 0 Å². The molecule has 0 saturated heterocycles. The van der Waals surface area contributed by atoms with Crippen LogP contribution in [0.2, 0.25) is 0 Å². The molecule has 4 nitrogen and oxygen atoms in total. The Kier molecular flexibility index (Phi) is 6.30. The Morgan fingerprint density at radius 1 is 1.30 bits per heavy atom. The van der Waals surface area contributed by atoms with E-state index in [9.17, 15) is 26.7 Å². The van der Waals surface area contributed by atoms with Crippen LogP contribution in [0, 0.1) is 11.6 Å². The maximum atomic E-state index is 14.1. The van der Waals surface area contributed by atoms with Crippen LogP contribution < -0.4 is 4.90 Å². The number of carbonyl (C=O) groups is 1. The first kappa shape index (κ1) is 20.9. The normalized spacial score (nSPS) is 11.4. The minimum Gasteiger partial charge on any atom is -0.278 e. The summed E-state index contributed by atoms with van der Waals surface area (Å²) in [6.45, 7) is 3.66. The molecule has 0 fully saturated rings. The van der Waals surface area contributed by atoms with Gasteiger partial charge in [-0.25, -0.2) is 8.78 Å². The largest absolute Gasteiger partial charge is 0.437 e. The Bertz CT molecular complexity index is 872. The van der Waals surface area contributed by atoms with Crippen molar-refractivity contribution in [3.8, 4) is 0 Å². The van der Waals surface area contributed by atoms with Gasteiger partial charge in [-0.2, -0.15) is 18.3 Å². The average Bonchev–Trinajstić information content (AvgIpc) is 2.87. The van der Waals surface area contributed by atoms with Gasteiger partial charge in [0.25, 0.3) is 0 Å². The second-order valence-electron chi connectivity index (χ2n) is 5.79. The number of alkyl halides is 3. The van der Waals surface area contributed by atoms with Crippen molar-refractivity contribution in [3.63, 3.8) is 0 Å². The lowest BCUT2D eigenvalue weighted by Gasteiger charge is -2.20. The van der Waals surface area contributed by atoms with Crippen molar-refractivity contribution in [2.45, 2.75) is 25.0 Å². The lowest BCUT2D eigenvalue weighted by molar-refractivity contribution is -0.140.